The van der Waals surface area contributed by atoms with Crippen molar-refractivity contribution in [2.75, 3.05) is 19.0 Å². The third kappa shape index (κ3) is 4.07. The van der Waals surface area contributed by atoms with Crippen molar-refractivity contribution in [3.8, 4) is 5.75 Å². The van der Waals surface area contributed by atoms with Crippen LogP contribution in [-0.4, -0.2) is 36.2 Å². The van der Waals surface area contributed by atoms with E-state index in [1.165, 1.54) is 36.5 Å². The number of nitrogens with zero attached hydrogens (tertiary/aromatic N) is 3. The Kier molecular flexibility index (Phi) is 5.10. The molecule has 2 N–H and O–H groups in total. The van der Waals surface area contributed by atoms with Gasteiger partial charge in [0.1, 0.15) is 5.75 Å². The number of amides is 1. The zero-order chi connectivity index (χ0) is 17.7. The number of carbonyl (C=O) groups is 1. The number of aromatic hydroxyl groups is 1. The third-order valence-electron chi connectivity index (χ3n) is 3.18. The van der Waals surface area contributed by atoms with Gasteiger partial charge < -0.3 is 10.0 Å². The van der Waals surface area contributed by atoms with Gasteiger partial charge in [-0.15, -0.1) is 0 Å². The Morgan fingerprint density at radius 1 is 1.29 bits per heavy atom. The lowest BCUT2D eigenvalue weighted by molar-refractivity contribution is -0.384. The fourth-order valence-electron chi connectivity index (χ4n) is 2.04. The maximum atomic E-state index is 11.9. The Bertz CT molecular complexity index is 802. The molecule has 8 nitrogen and oxygen atoms in total. The zero-order valence-corrected chi connectivity index (χ0v) is 13.1. The molecule has 124 valence electrons. The van der Waals surface area contributed by atoms with E-state index in [0.717, 1.165) is 5.69 Å². The first kappa shape index (κ1) is 16.9. The van der Waals surface area contributed by atoms with E-state index >= 15 is 0 Å². The van der Waals surface area contributed by atoms with Crippen LogP contribution in [0.15, 0.2) is 47.6 Å². The van der Waals surface area contributed by atoms with Gasteiger partial charge in [-0.1, -0.05) is 6.07 Å². The van der Waals surface area contributed by atoms with E-state index in [-0.39, 0.29) is 17.0 Å². The van der Waals surface area contributed by atoms with Gasteiger partial charge in [0.2, 0.25) is 0 Å². The number of benzene rings is 2. The highest BCUT2D eigenvalue weighted by Crippen LogP contribution is 2.22. The predicted molar refractivity (Wildman–Crippen MR) is 90.6 cm³/mol. The Labute approximate surface area is 138 Å². The lowest BCUT2D eigenvalue weighted by atomic mass is 10.1. The Morgan fingerprint density at radius 2 is 2.04 bits per heavy atom. The smallest absolute Gasteiger partial charge is 0.271 e. The number of anilines is 1. The molecule has 2 aromatic rings. The summed E-state index contributed by atoms with van der Waals surface area (Å²) in [5.74, 6) is -0.529. The third-order valence-corrected chi connectivity index (χ3v) is 3.18. The molecule has 0 unspecified atom stereocenters. The van der Waals surface area contributed by atoms with Crippen LogP contribution >= 0.6 is 0 Å². The summed E-state index contributed by atoms with van der Waals surface area (Å²) in [5, 5.41) is 24.1. The minimum absolute atomic E-state index is 0.0276. The maximum absolute atomic E-state index is 11.9. The maximum Gasteiger partial charge on any atom is 0.271 e. The molecule has 24 heavy (non-hydrogen) atoms. The summed E-state index contributed by atoms with van der Waals surface area (Å²) in [6.45, 7) is 0. The van der Waals surface area contributed by atoms with Crippen LogP contribution in [0.2, 0.25) is 0 Å². The first-order valence-electron chi connectivity index (χ1n) is 6.96. The molecular weight excluding hydrogens is 312 g/mol. The molecule has 0 spiro atoms. The lowest BCUT2D eigenvalue weighted by Crippen LogP contribution is -2.18. The number of hydrogen-bond acceptors (Lipinski definition) is 6. The van der Waals surface area contributed by atoms with Gasteiger partial charge in [-0.25, -0.2) is 5.43 Å². The first-order valence-corrected chi connectivity index (χ1v) is 6.96. The highest BCUT2D eigenvalue weighted by Gasteiger charge is 2.11. The molecule has 0 saturated heterocycles. The molecule has 0 fully saturated rings. The van der Waals surface area contributed by atoms with Crippen LogP contribution in [0.4, 0.5) is 11.4 Å². The summed E-state index contributed by atoms with van der Waals surface area (Å²) in [4.78, 5) is 24.1. The summed E-state index contributed by atoms with van der Waals surface area (Å²) < 4.78 is 0. The lowest BCUT2D eigenvalue weighted by Gasteiger charge is -2.14. The van der Waals surface area contributed by atoms with Crippen molar-refractivity contribution in [3.63, 3.8) is 0 Å². The van der Waals surface area contributed by atoms with E-state index in [4.69, 9.17) is 0 Å². The van der Waals surface area contributed by atoms with E-state index in [1.807, 2.05) is 0 Å². The summed E-state index contributed by atoms with van der Waals surface area (Å²) in [7, 11) is 3.59. The Hall–Kier alpha value is -3.42. The second-order valence-electron chi connectivity index (χ2n) is 5.14. The number of hydrogen-bond donors (Lipinski definition) is 2. The van der Waals surface area contributed by atoms with Gasteiger partial charge in [0.25, 0.3) is 11.6 Å². The zero-order valence-electron chi connectivity index (χ0n) is 13.1. The number of rotatable bonds is 5. The van der Waals surface area contributed by atoms with E-state index in [2.05, 4.69) is 10.5 Å². The van der Waals surface area contributed by atoms with E-state index < -0.39 is 10.8 Å². The molecule has 2 rings (SSSR count). The average molecular weight is 328 g/mol. The molecular formula is C16H16N4O4. The molecule has 0 heterocycles. The van der Waals surface area contributed by atoms with Crippen molar-refractivity contribution in [3.05, 3.63) is 63.7 Å². The van der Waals surface area contributed by atoms with Crippen LogP contribution in [0, 0.1) is 10.1 Å². The van der Waals surface area contributed by atoms with E-state index in [9.17, 15) is 20.0 Å². The normalized spacial score (nSPS) is 10.6. The molecule has 0 aromatic heterocycles. The quantitative estimate of drug-likeness (QED) is 0.496. The molecule has 0 saturated carbocycles. The summed E-state index contributed by atoms with van der Waals surface area (Å²) in [6, 6.07) is 10.2. The number of nitro benzene ring substituents is 1. The number of phenolic OH excluding ortho intramolecular Hbond substituents is 1. The highest BCUT2D eigenvalue weighted by atomic mass is 16.6. The van der Waals surface area contributed by atoms with Crippen LogP contribution < -0.4 is 10.3 Å². The fourth-order valence-corrected chi connectivity index (χ4v) is 2.04. The monoisotopic (exact) mass is 328 g/mol. The van der Waals surface area contributed by atoms with Crippen LogP contribution in [0.5, 0.6) is 5.75 Å². The van der Waals surface area contributed by atoms with Crippen molar-refractivity contribution in [1.82, 2.24) is 5.43 Å². The van der Waals surface area contributed by atoms with Gasteiger partial charge in [0, 0.05) is 43.0 Å². The molecule has 1 amide bonds. The number of nitro groups is 1. The van der Waals surface area contributed by atoms with Gasteiger partial charge in [0.05, 0.1) is 11.1 Å². The summed E-state index contributed by atoms with van der Waals surface area (Å²) in [5.41, 5.74) is 3.71. The molecule has 0 aliphatic carbocycles. The molecule has 0 aliphatic heterocycles. The highest BCUT2D eigenvalue weighted by molar-refractivity contribution is 5.96. The van der Waals surface area contributed by atoms with Crippen LogP contribution in [0.1, 0.15) is 15.9 Å². The standard InChI is InChI=1S/C16H16N4O4/c1-19(2)15-7-6-13(20(23)24)8-12(15)10-17-18-16(22)11-4-3-5-14(21)9-11/h3-10,21H,1-2H3,(H,18,22)/b17-10-. The summed E-state index contributed by atoms with van der Waals surface area (Å²) in [6.07, 6.45) is 1.34. The molecule has 0 atom stereocenters. The van der Waals surface area contributed by atoms with Crippen LogP contribution in [0.3, 0.4) is 0 Å². The SMILES string of the molecule is CN(C)c1ccc([N+](=O)[O-])cc1/C=N\NC(=O)c1cccc(O)c1. The Morgan fingerprint density at radius 3 is 2.67 bits per heavy atom. The fraction of sp³-hybridized carbons (Fsp3) is 0.125. The van der Waals surface area contributed by atoms with Crippen molar-refractivity contribution >= 4 is 23.5 Å². The van der Waals surface area contributed by atoms with Crippen molar-refractivity contribution in [2.45, 2.75) is 0 Å². The summed E-state index contributed by atoms with van der Waals surface area (Å²) >= 11 is 0. The second kappa shape index (κ2) is 7.23. The average Bonchev–Trinajstić information content (AvgIpc) is 2.54. The van der Waals surface area contributed by atoms with Gasteiger partial charge in [-0.2, -0.15) is 5.10 Å². The number of non-ortho nitro benzene ring substituents is 1. The van der Waals surface area contributed by atoms with Crippen molar-refractivity contribution in [1.29, 1.82) is 0 Å². The number of phenols is 1. The number of carbonyl (C=O) groups excluding carboxylic acids is 1. The molecule has 0 aliphatic rings. The topological polar surface area (TPSA) is 108 Å². The largest absolute Gasteiger partial charge is 0.508 e. The van der Waals surface area contributed by atoms with E-state index in [0.29, 0.717) is 5.56 Å². The van der Waals surface area contributed by atoms with Crippen molar-refractivity contribution < 1.29 is 14.8 Å². The van der Waals surface area contributed by atoms with Gasteiger partial charge in [0.15, 0.2) is 0 Å². The molecule has 0 bridgehead atoms. The minimum atomic E-state index is -0.501. The second-order valence-corrected chi connectivity index (χ2v) is 5.14. The van der Waals surface area contributed by atoms with E-state index in [1.54, 1.807) is 31.1 Å². The molecule has 0 radical (unpaired) electrons. The van der Waals surface area contributed by atoms with Crippen molar-refractivity contribution in [2.24, 2.45) is 5.10 Å². The first-order chi connectivity index (χ1) is 11.4. The van der Waals surface area contributed by atoms with Crippen LogP contribution in [-0.2, 0) is 0 Å². The van der Waals surface area contributed by atoms with Crippen LogP contribution in [0.25, 0.3) is 0 Å². The Balaban J connectivity index is 2.20. The minimum Gasteiger partial charge on any atom is -0.508 e. The van der Waals surface area contributed by atoms with Gasteiger partial charge in [-0.3, -0.25) is 14.9 Å². The molecule has 2 aromatic carbocycles. The number of nitrogens with one attached hydrogen (secondary N) is 1. The number of hydrazone groups is 1. The molecule has 8 heteroatoms. The van der Waals surface area contributed by atoms with Gasteiger partial charge in [-0.05, 0) is 24.3 Å². The van der Waals surface area contributed by atoms with Gasteiger partial charge >= 0.3 is 0 Å². The predicted octanol–water partition coefficient (Wildman–Crippen LogP) is 2.13.